The molecule has 12 heavy (non-hydrogen) atoms. The van der Waals surface area contributed by atoms with Crippen LogP contribution < -0.4 is 5.73 Å². The number of hydrogen-bond donors (Lipinski definition) is 1. The topological polar surface area (TPSA) is 44.5 Å². The van der Waals surface area contributed by atoms with Crippen LogP contribution in [0.15, 0.2) is 0 Å². The van der Waals surface area contributed by atoms with Gasteiger partial charge in [0, 0.05) is 18.9 Å². The van der Waals surface area contributed by atoms with Crippen molar-refractivity contribution in [1.29, 1.82) is 0 Å². The Balaban J connectivity index is 3.94. The molecule has 0 bridgehead atoms. The first-order valence-corrected chi connectivity index (χ1v) is 7.12. The summed E-state index contributed by atoms with van der Waals surface area (Å²) in [5.41, 5.74) is 5.61. The minimum atomic E-state index is -2.03. The summed E-state index contributed by atoms with van der Waals surface area (Å²) in [6, 6.07) is 0. The summed E-state index contributed by atoms with van der Waals surface area (Å²) in [5, 5.41) is 0. The maximum Gasteiger partial charge on any atom is 0.349 e. The van der Waals surface area contributed by atoms with Crippen molar-refractivity contribution in [3.8, 4) is 0 Å². The second kappa shape index (κ2) is 5.69. The molecule has 2 N–H and O–H groups in total. The SMILES string of the molecule is CCO[Si](C)(CN)OC(C)CC. The highest BCUT2D eigenvalue weighted by atomic mass is 28.4. The van der Waals surface area contributed by atoms with E-state index in [1.807, 2.05) is 13.5 Å². The fraction of sp³-hybridized carbons (Fsp3) is 1.00. The monoisotopic (exact) mass is 191 g/mol. The summed E-state index contributed by atoms with van der Waals surface area (Å²) in [6.45, 7) is 8.84. The lowest BCUT2D eigenvalue weighted by atomic mass is 10.3. The molecule has 0 aliphatic carbocycles. The van der Waals surface area contributed by atoms with Gasteiger partial charge in [-0.05, 0) is 26.8 Å². The van der Waals surface area contributed by atoms with Crippen LogP contribution in [0.25, 0.3) is 0 Å². The number of nitrogens with two attached hydrogens (primary N) is 1. The second-order valence-electron chi connectivity index (χ2n) is 3.11. The van der Waals surface area contributed by atoms with Gasteiger partial charge >= 0.3 is 8.56 Å². The molecular weight excluding hydrogens is 170 g/mol. The molecule has 0 aromatic heterocycles. The van der Waals surface area contributed by atoms with Crippen molar-refractivity contribution in [2.24, 2.45) is 5.73 Å². The van der Waals surface area contributed by atoms with E-state index in [4.69, 9.17) is 14.6 Å². The lowest BCUT2D eigenvalue weighted by Gasteiger charge is -2.28. The molecule has 0 aromatic rings. The van der Waals surface area contributed by atoms with Crippen molar-refractivity contribution < 1.29 is 8.85 Å². The third-order valence-corrected chi connectivity index (χ3v) is 4.39. The first-order chi connectivity index (χ1) is 5.58. The van der Waals surface area contributed by atoms with Crippen molar-refractivity contribution in [2.75, 3.05) is 12.8 Å². The summed E-state index contributed by atoms with van der Waals surface area (Å²) >= 11 is 0. The Bertz CT molecular complexity index is 124. The molecule has 0 aliphatic rings. The van der Waals surface area contributed by atoms with Gasteiger partial charge < -0.3 is 14.6 Å². The molecule has 0 rings (SSSR count). The first kappa shape index (κ1) is 12.1. The van der Waals surface area contributed by atoms with Gasteiger partial charge in [0.05, 0.1) is 0 Å². The third kappa shape index (κ3) is 4.20. The van der Waals surface area contributed by atoms with Crippen molar-refractivity contribution >= 4 is 8.56 Å². The summed E-state index contributed by atoms with van der Waals surface area (Å²) in [4.78, 5) is 0. The van der Waals surface area contributed by atoms with Gasteiger partial charge in [0.25, 0.3) is 0 Å². The van der Waals surface area contributed by atoms with Gasteiger partial charge in [-0.3, -0.25) is 0 Å². The van der Waals surface area contributed by atoms with Crippen LogP contribution in [0.2, 0.25) is 6.55 Å². The quantitative estimate of drug-likeness (QED) is 0.646. The first-order valence-electron chi connectivity index (χ1n) is 4.59. The van der Waals surface area contributed by atoms with E-state index in [0.29, 0.717) is 12.8 Å². The molecular formula is C8H21NO2Si. The summed E-state index contributed by atoms with van der Waals surface area (Å²) in [7, 11) is -2.03. The molecule has 3 nitrogen and oxygen atoms in total. The van der Waals surface area contributed by atoms with Crippen LogP contribution >= 0.6 is 0 Å². The van der Waals surface area contributed by atoms with Crippen LogP contribution in [-0.2, 0) is 8.85 Å². The Morgan fingerprint density at radius 1 is 1.42 bits per heavy atom. The predicted molar refractivity (Wildman–Crippen MR) is 53.1 cm³/mol. The van der Waals surface area contributed by atoms with E-state index >= 15 is 0 Å². The second-order valence-corrected chi connectivity index (χ2v) is 6.31. The Labute approximate surface area is 76.5 Å². The standard InChI is InChI=1S/C8H21NO2Si/c1-5-8(3)11-12(4,7-9)10-6-2/h8H,5-7,9H2,1-4H3. The Kier molecular flexibility index (Phi) is 5.74. The Morgan fingerprint density at radius 3 is 2.33 bits per heavy atom. The average Bonchev–Trinajstić information content (AvgIpc) is 2.05. The van der Waals surface area contributed by atoms with Gasteiger partial charge in [-0.15, -0.1) is 0 Å². The van der Waals surface area contributed by atoms with Crippen LogP contribution in [0.3, 0.4) is 0 Å². The summed E-state index contributed by atoms with van der Waals surface area (Å²) in [5.74, 6) is 0. The lowest BCUT2D eigenvalue weighted by molar-refractivity contribution is 0.129. The van der Waals surface area contributed by atoms with E-state index in [9.17, 15) is 0 Å². The Morgan fingerprint density at radius 2 is 2.00 bits per heavy atom. The average molecular weight is 191 g/mol. The molecule has 0 heterocycles. The zero-order chi connectivity index (χ0) is 9.61. The van der Waals surface area contributed by atoms with Crippen molar-refractivity contribution in [3.05, 3.63) is 0 Å². The molecule has 0 aliphatic heterocycles. The highest BCUT2D eigenvalue weighted by molar-refractivity contribution is 6.66. The fourth-order valence-corrected chi connectivity index (χ4v) is 2.87. The number of rotatable bonds is 6. The molecule has 2 unspecified atom stereocenters. The van der Waals surface area contributed by atoms with Crippen LogP contribution in [-0.4, -0.2) is 27.4 Å². The van der Waals surface area contributed by atoms with Crippen molar-refractivity contribution in [1.82, 2.24) is 0 Å². The van der Waals surface area contributed by atoms with Crippen LogP contribution in [0, 0.1) is 0 Å². The van der Waals surface area contributed by atoms with Crippen molar-refractivity contribution in [3.63, 3.8) is 0 Å². The Hall–Kier alpha value is 0.0969. The molecule has 0 radical (unpaired) electrons. The van der Waals surface area contributed by atoms with Crippen molar-refractivity contribution in [2.45, 2.75) is 39.8 Å². The smallest absolute Gasteiger partial charge is 0.349 e. The van der Waals surface area contributed by atoms with Crippen LogP contribution in [0.5, 0.6) is 0 Å². The zero-order valence-corrected chi connectivity index (χ0v) is 9.59. The maximum absolute atomic E-state index is 5.77. The van der Waals surface area contributed by atoms with Gasteiger partial charge in [0.1, 0.15) is 0 Å². The fourth-order valence-electron chi connectivity index (χ4n) is 0.955. The predicted octanol–water partition coefficient (Wildman–Crippen LogP) is 1.41. The molecule has 0 amide bonds. The molecule has 0 saturated heterocycles. The van der Waals surface area contributed by atoms with E-state index in [1.54, 1.807) is 0 Å². The molecule has 0 aromatic carbocycles. The van der Waals surface area contributed by atoms with Gasteiger partial charge in [-0.25, -0.2) is 0 Å². The van der Waals surface area contributed by atoms with Gasteiger partial charge in [0.2, 0.25) is 0 Å². The highest BCUT2D eigenvalue weighted by Crippen LogP contribution is 2.10. The summed E-state index contributed by atoms with van der Waals surface area (Å²) < 4.78 is 11.3. The van der Waals surface area contributed by atoms with E-state index < -0.39 is 8.56 Å². The van der Waals surface area contributed by atoms with E-state index in [0.717, 1.165) is 6.42 Å². The van der Waals surface area contributed by atoms with E-state index in [-0.39, 0.29) is 6.10 Å². The molecule has 0 saturated carbocycles. The van der Waals surface area contributed by atoms with Gasteiger partial charge in [-0.2, -0.15) is 0 Å². The minimum absolute atomic E-state index is 0.261. The molecule has 2 atom stereocenters. The highest BCUT2D eigenvalue weighted by Gasteiger charge is 2.30. The molecule has 4 heteroatoms. The van der Waals surface area contributed by atoms with Gasteiger partial charge in [-0.1, -0.05) is 6.92 Å². The van der Waals surface area contributed by atoms with Crippen LogP contribution in [0.1, 0.15) is 27.2 Å². The largest absolute Gasteiger partial charge is 0.394 e. The lowest BCUT2D eigenvalue weighted by Crippen LogP contribution is -2.48. The van der Waals surface area contributed by atoms with Crippen LogP contribution in [0.4, 0.5) is 0 Å². The molecule has 74 valence electrons. The maximum atomic E-state index is 5.77. The zero-order valence-electron chi connectivity index (χ0n) is 8.59. The normalized spacial score (nSPS) is 18.8. The van der Waals surface area contributed by atoms with E-state index in [1.165, 1.54) is 0 Å². The van der Waals surface area contributed by atoms with Gasteiger partial charge in [0.15, 0.2) is 0 Å². The molecule has 0 spiro atoms. The number of hydrogen-bond acceptors (Lipinski definition) is 3. The molecule has 0 fully saturated rings. The van der Waals surface area contributed by atoms with E-state index in [2.05, 4.69) is 13.8 Å². The summed E-state index contributed by atoms with van der Waals surface area (Å²) in [6.07, 6.45) is 1.80. The third-order valence-electron chi connectivity index (χ3n) is 1.85. The minimum Gasteiger partial charge on any atom is -0.394 e.